The van der Waals surface area contributed by atoms with E-state index in [1.807, 2.05) is 6.92 Å². The molecule has 0 fully saturated rings. The molecule has 3 heterocycles. The summed E-state index contributed by atoms with van der Waals surface area (Å²) in [5.41, 5.74) is 0.708. The molecule has 0 radical (unpaired) electrons. The van der Waals surface area contributed by atoms with E-state index in [1.54, 1.807) is 19.1 Å². The third-order valence-corrected chi connectivity index (χ3v) is 5.67. The van der Waals surface area contributed by atoms with Crippen molar-refractivity contribution in [2.75, 3.05) is 4.90 Å². The van der Waals surface area contributed by atoms with Crippen molar-refractivity contribution in [1.82, 2.24) is 41.6 Å². The van der Waals surface area contributed by atoms with Gasteiger partial charge in [0, 0.05) is 12.6 Å². The molecule has 0 spiro atoms. The molecule has 5 N–H and O–H groups in total. The first-order valence-electron chi connectivity index (χ1n) is 10.8. The Kier molecular flexibility index (Phi) is 7.71. The van der Waals surface area contributed by atoms with Crippen LogP contribution in [0.4, 0.5) is 10.6 Å². The summed E-state index contributed by atoms with van der Waals surface area (Å²) < 4.78 is 0. The van der Waals surface area contributed by atoms with Crippen LogP contribution in [0.1, 0.15) is 38.6 Å². The van der Waals surface area contributed by atoms with Gasteiger partial charge in [0.2, 0.25) is 11.8 Å². The highest BCUT2D eigenvalue weighted by molar-refractivity contribution is 6.06. The van der Waals surface area contributed by atoms with Gasteiger partial charge in [-0.25, -0.2) is 9.78 Å². The Labute approximate surface area is 194 Å². The quantitative estimate of drug-likeness (QED) is 0.314. The molecule has 0 saturated carbocycles. The molecule has 0 aliphatic carbocycles. The van der Waals surface area contributed by atoms with Crippen LogP contribution in [-0.2, 0) is 27.3 Å². The molecule has 0 unspecified atom stereocenters. The largest absolute Gasteiger partial charge is 0.465 e. The lowest BCUT2D eigenvalue weighted by molar-refractivity contribution is -0.130. The number of fused-ring (bicyclic) bond motifs is 1. The lowest BCUT2D eigenvalue weighted by atomic mass is 9.98. The summed E-state index contributed by atoms with van der Waals surface area (Å²) in [4.78, 5) is 55.8. The number of hydrogen-bond acceptors (Lipinski definition) is 8. The van der Waals surface area contributed by atoms with Crippen molar-refractivity contribution in [1.29, 1.82) is 0 Å². The summed E-state index contributed by atoms with van der Waals surface area (Å²) in [5, 5.41) is 29.8. The van der Waals surface area contributed by atoms with Gasteiger partial charge in [0.1, 0.15) is 23.9 Å². The zero-order valence-electron chi connectivity index (χ0n) is 19.0. The number of anilines is 1. The summed E-state index contributed by atoms with van der Waals surface area (Å²) >= 11 is 0. The monoisotopic (exact) mass is 473 g/mol. The summed E-state index contributed by atoms with van der Waals surface area (Å²) in [6.07, 6.45) is 0.962. The Morgan fingerprint density at radius 3 is 2.68 bits per heavy atom. The number of nitrogens with one attached hydrogen (secondary N) is 4. The predicted molar refractivity (Wildman–Crippen MR) is 117 cm³/mol. The average Bonchev–Trinajstić information content (AvgIpc) is 3.47. The number of aromatic amines is 1. The average molecular weight is 473 g/mol. The third kappa shape index (κ3) is 5.44. The van der Waals surface area contributed by atoms with Gasteiger partial charge < -0.3 is 21.1 Å². The Morgan fingerprint density at radius 2 is 2.03 bits per heavy atom. The molecule has 4 atom stereocenters. The first kappa shape index (κ1) is 24.5. The van der Waals surface area contributed by atoms with Crippen molar-refractivity contribution in [2.45, 2.75) is 58.3 Å². The van der Waals surface area contributed by atoms with E-state index in [4.69, 9.17) is 5.11 Å². The summed E-state index contributed by atoms with van der Waals surface area (Å²) in [6, 6.07) is 0.506. The number of nitrogens with zero attached hydrogens (tertiary/aromatic N) is 5. The van der Waals surface area contributed by atoms with Crippen molar-refractivity contribution < 1.29 is 24.3 Å². The van der Waals surface area contributed by atoms with Crippen molar-refractivity contribution in [3.63, 3.8) is 0 Å². The minimum atomic E-state index is -1.34. The lowest BCUT2D eigenvalue weighted by Gasteiger charge is -2.28. The van der Waals surface area contributed by atoms with Crippen LogP contribution in [0.5, 0.6) is 0 Å². The lowest BCUT2D eigenvalue weighted by Crippen LogP contribution is -2.57. The van der Waals surface area contributed by atoms with Gasteiger partial charge >= 0.3 is 6.09 Å². The molecule has 2 aromatic heterocycles. The minimum Gasteiger partial charge on any atom is -0.465 e. The Hall–Kier alpha value is -4.10. The highest BCUT2D eigenvalue weighted by Gasteiger charge is 2.41. The molecule has 1 aliphatic rings. The van der Waals surface area contributed by atoms with Crippen LogP contribution in [-0.4, -0.2) is 72.7 Å². The fourth-order valence-corrected chi connectivity index (χ4v) is 3.67. The van der Waals surface area contributed by atoms with Crippen LogP contribution in [0.25, 0.3) is 0 Å². The van der Waals surface area contributed by atoms with E-state index in [2.05, 4.69) is 41.6 Å². The standard InChI is InChI=1S/C20H27N9O5/c1-4-10(2)15(24-20(33)34)18(31)23-11(3)19(32)29-13(8-12-6-5-7-21-16(12)29)17(30)22-9-14-25-27-28-26-14/h5-7,10-11,13,15,24H,4,8-9H2,1-3H3,(H,22,30)(H,23,31)(H,33,34)(H,25,26,27,28)/t10-,11-,13-,15-/m0/s1. The maximum absolute atomic E-state index is 13.4. The molecular formula is C20H27N9O5. The predicted octanol–water partition coefficient (Wildman–Crippen LogP) is -0.644. The number of H-pyrrole nitrogens is 1. The second-order valence-corrected chi connectivity index (χ2v) is 8.00. The number of pyridine rings is 1. The molecule has 34 heavy (non-hydrogen) atoms. The number of tetrazole rings is 1. The number of amides is 4. The SMILES string of the molecule is CC[C@H](C)[C@H](NC(=O)O)C(=O)N[C@@H](C)C(=O)N1c2ncccc2C[C@H]1C(=O)NCc1nn[nH]n1. The maximum Gasteiger partial charge on any atom is 0.405 e. The molecule has 1 aliphatic heterocycles. The van der Waals surface area contributed by atoms with Gasteiger partial charge in [0.15, 0.2) is 5.82 Å². The van der Waals surface area contributed by atoms with Crippen molar-refractivity contribution in [3.8, 4) is 0 Å². The van der Waals surface area contributed by atoms with Crippen LogP contribution in [0.3, 0.4) is 0 Å². The minimum absolute atomic E-state index is 0.0152. The maximum atomic E-state index is 13.4. The van der Waals surface area contributed by atoms with E-state index in [9.17, 15) is 19.2 Å². The molecule has 3 rings (SSSR count). The van der Waals surface area contributed by atoms with E-state index in [0.717, 1.165) is 0 Å². The van der Waals surface area contributed by atoms with Gasteiger partial charge in [0.05, 0.1) is 6.54 Å². The third-order valence-electron chi connectivity index (χ3n) is 5.67. The van der Waals surface area contributed by atoms with Crippen LogP contribution >= 0.6 is 0 Å². The molecule has 182 valence electrons. The topological polar surface area (TPSA) is 195 Å². The van der Waals surface area contributed by atoms with Crippen LogP contribution < -0.4 is 20.9 Å². The van der Waals surface area contributed by atoms with E-state index in [1.165, 1.54) is 18.0 Å². The zero-order chi connectivity index (χ0) is 24.8. The van der Waals surface area contributed by atoms with E-state index >= 15 is 0 Å². The second-order valence-electron chi connectivity index (χ2n) is 8.00. The van der Waals surface area contributed by atoms with Crippen molar-refractivity contribution >= 4 is 29.6 Å². The van der Waals surface area contributed by atoms with Gasteiger partial charge in [-0.2, -0.15) is 5.21 Å². The Balaban J connectivity index is 1.76. The second kappa shape index (κ2) is 10.7. The highest BCUT2D eigenvalue weighted by Crippen LogP contribution is 2.30. The van der Waals surface area contributed by atoms with E-state index in [-0.39, 0.29) is 24.7 Å². The number of rotatable bonds is 9. The van der Waals surface area contributed by atoms with Gasteiger partial charge in [-0.05, 0) is 24.5 Å². The van der Waals surface area contributed by atoms with Crippen LogP contribution in [0.2, 0.25) is 0 Å². The fraction of sp³-hybridized carbons (Fsp3) is 0.500. The molecule has 14 nitrogen and oxygen atoms in total. The zero-order valence-corrected chi connectivity index (χ0v) is 19.0. The number of carbonyl (C=O) groups is 4. The van der Waals surface area contributed by atoms with Crippen LogP contribution in [0.15, 0.2) is 18.3 Å². The van der Waals surface area contributed by atoms with Gasteiger partial charge in [-0.15, -0.1) is 10.2 Å². The first-order chi connectivity index (χ1) is 16.2. The highest BCUT2D eigenvalue weighted by atomic mass is 16.4. The van der Waals surface area contributed by atoms with E-state index < -0.39 is 41.9 Å². The molecule has 0 aromatic carbocycles. The number of aromatic nitrogens is 5. The fourth-order valence-electron chi connectivity index (χ4n) is 3.67. The van der Waals surface area contributed by atoms with Crippen molar-refractivity contribution in [3.05, 3.63) is 29.7 Å². The summed E-state index contributed by atoms with van der Waals surface area (Å²) in [7, 11) is 0. The van der Waals surface area contributed by atoms with Crippen molar-refractivity contribution in [2.24, 2.45) is 5.92 Å². The Morgan fingerprint density at radius 1 is 1.26 bits per heavy atom. The number of hydrogen-bond donors (Lipinski definition) is 5. The first-order valence-corrected chi connectivity index (χ1v) is 10.8. The summed E-state index contributed by atoms with van der Waals surface area (Å²) in [5.74, 6) is -1.31. The Bertz CT molecular complexity index is 1040. The molecule has 4 amide bonds. The molecule has 14 heteroatoms. The number of carbonyl (C=O) groups excluding carboxylic acids is 3. The molecule has 0 saturated heterocycles. The summed E-state index contributed by atoms with van der Waals surface area (Å²) in [6.45, 7) is 5.05. The van der Waals surface area contributed by atoms with E-state index in [0.29, 0.717) is 17.8 Å². The van der Waals surface area contributed by atoms with Crippen LogP contribution in [0, 0.1) is 5.92 Å². The van der Waals surface area contributed by atoms with Gasteiger partial charge in [-0.3, -0.25) is 19.3 Å². The smallest absolute Gasteiger partial charge is 0.405 e. The van der Waals surface area contributed by atoms with Gasteiger partial charge in [0.25, 0.3) is 5.91 Å². The molecular weight excluding hydrogens is 446 g/mol. The molecule has 2 aromatic rings. The van der Waals surface area contributed by atoms with Gasteiger partial charge in [-0.1, -0.05) is 31.5 Å². The molecule has 0 bridgehead atoms. The normalized spacial score (nSPS) is 17.3. The number of carboxylic acid groups (broad SMARTS) is 1.